The molecule has 4 rings (SSSR count). The van der Waals surface area contributed by atoms with Gasteiger partial charge >= 0.3 is 0 Å². The van der Waals surface area contributed by atoms with Crippen LogP contribution in [-0.2, 0) is 4.79 Å². The van der Waals surface area contributed by atoms with Crippen LogP contribution in [0.15, 0.2) is 42.5 Å². The molecule has 28 heavy (non-hydrogen) atoms. The van der Waals surface area contributed by atoms with Crippen LogP contribution in [-0.4, -0.2) is 61.9 Å². The third-order valence-corrected chi connectivity index (χ3v) is 4.96. The smallest absolute Gasteiger partial charge is 0.226 e. The van der Waals surface area contributed by atoms with E-state index in [0.717, 1.165) is 30.3 Å². The van der Waals surface area contributed by atoms with Crippen LogP contribution >= 0.6 is 0 Å². The summed E-state index contributed by atoms with van der Waals surface area (Å²) in [6.45, 7) is 4.28. The third-order valence-electron chi connectivity index (χ3n) is 4.96. The van der Waals surface area contributed by atoms with E-state index >= 15 is 0 Å². The molecule has 0 aromatic heterocycles. The van der Waals surface area contributed by atoms with Crippen LogP contribution in [0.5, 0.6) is 23.0 Å². The maximum Gasteiger partial charge on any atom is 0.226 e. The fourth-order valence-electron chi connectivity index (χ4n) is 3.43. The molecule has 2 aliphatic rings. The Morgan fingerprint density at radius 1 is 1.00 bits per heavy atom. The van der Waals surface area contributed by atoms with E-state index in [1.165, 1.54) is 0 Å². The number of phenolic OH excluding ortho intramolecular Hbond substituents is 1. The number of piperazine rings is 1. The second kappa shape index (κ2) is 8.29. The standard InChI is InChI=1S/C21H24N2O5/c24-17-3-1-2-4-18(17)26-12-7-21(25)23-10-8-22(9-11-23)16-5-6-19-20(15-16)28-14-13-27-19/h1-6,15,24H,7-14H2. The number of rotatable bonds is 5. The average Bonchev–Trinajstić information content (AvgIpc) is 2.75. The van der Waals surface area contributed by atoms with Crippen LogP contribution in [0.25, 0.3) is 0 Å². The lowest BCUT2D eigenvalue weighted by Crippen LogP contribution is -2.49. The second-order valence-electron chi connectivity index (χ2n) is 6.76. The highest BCUT2D eigenvalue weighted by molar-refractivity contribution is 5.76. The molecule has 0 unspecified atom stereocenters. The molecule has 1 fully saturated rings. The summed E-state index contributed by atoms with van der Waals surface area (Å²) in [5, 5.41) is 9.69. The summed E-state index contributed by atoms with van der Waals surface area (Å²) in [5.41, 5.74) is 1.08. The number of nitrogens with zero attached hydrogens (tertiary/aromatic N) is 2. The number of hydrogen-bond donors (Lipinski definition) is 1. The lowest BCUT2D eigenvalue weighted by atomic mass is 10.2. The van der Waals surface area contributed by atoms with Gasteiger partial charge in [-0.15, -0.1) is 0 Å². The van der Waals surface area contributed by atoms with Crippen molar-refractivity contribution in [3.8, 4) is 23.0 Å². The van der Waals surface area contributed by atoms with Crippen LogP contribution in [0.2, 0.25) is 0 Å². The number of amides is 1. The Kier molecular flexibility index (Phi) is 5.41. The van der Waals surface area contributed by atoms with Crippen molar-refractivity contribution in [1.82, 2.24) is 4.90 Å². The Morgan fingerprint density at radius 2 is 1.75 bits per heavy atom. The first-order valence-corrected chi connectivity index (χ1v) is 9.54. The van der Waals surface area contributed by atoms with Gasteiger partial charge in [0.25, 0.3) is 0 Å². The first-order chi connectivity index (χ1) is 13.7. The van der Waals surface area contributed by atoms with Crippen molar-refractivity contribution in [1.29, 1.82) is 0 Å². The van der Waals surface area contributed by atoms with Gasteiger partial charge in [0.15, 0.2) is 23.0 Å². The fourth-order valence-corrected chi connectivity index (χ4v) is 3.43. The third kappa shape index (κ3) is 4.08. The van der Waals surface area contributed by atoms with E-state index in [-0.39, 0.29) is 18.3 Å². The Balaban J connectivity index is 1.25. The second-order valence-corrected chi connectivity index (χ2v) is 6.76. The number of fused-ring (bicyclic) bond motifs is 1. The minimum absolute atomic E-state index is 0.0669. The van der Waals surface area contributed by atoms with Crippen LogP contribution < -0.4 is 19.1 Å². The van der Waals surface area contributed by atoms with E-state index in [1.807, 2.05) is 23.1 Å². The summed E-state index contributed by atoms with van der Waals surface area (Å²) in [4.78, 5) is 16.6. The molecule has 2 heterocycles. The highest BCUT2D eigenvalue weighted by Gasteiger charge is 2.22. The monoisotopic (exact) mass is 384 g/mol. The molecule has 2 aromatic rings. The molecule has 148 valence electrons. The van der Waals surface area contributed by atoms with Gasteiger partial charge in [-0.05, 0) is 24.3 Å². The largest absolute Gasteiger partial charge is 0.504 e. The normalized spacial score (nSPS) is 16.0. The van der Waals surface area contributed by atoms with Crippen LogP contribution in [0.4, 0.5) is 5.69 Å². The predicted octanol–water partition coefficient (Wildman–Crippen LogP) is 2.28. The first kappa shape index (κ1) is 18.3. The molecule has 0 bridgehead atoms. The minimum atomic E-state index is 0.0669. The molecule has 7 nitrogen and oxygen atoms in total. The van der Waals surface area contributed by atoms with Crippen molar-refractivity contribution in [2.75, 3.05) is 50.9 Å². The van der Waals surface area contributed by atoms with Crippen LogP contribution in [0.3, 0.4) is 0 Å². The van der Waals surface area contributed by atoms with Gasteiger partial charge in [0.05, 0.1) is 13.0 Å². The highest BCUT2D eigenvalue weighted by atomic mass is 16.6. The molecule has 0 atom stereocenters. The van der Waals surface area contributed by atoms with Gasteiger partial charge in [-0.1, -0.05) is 12.1 Å². The number of ether oxygens (including phenoxy) is 3. The van der Waals surface area contributed by atoms with E-state index in [9.17, 15) is 9.90 Å². The Bertz CT molecular complexity index is 833. The van der Waals surface area contributed by atoms with E-state index in [4.69, 9.17) is 14.2 Å². The SMILES string of the molecule is O=C(CCOc1ccccc1O)N1CCN(c2ccc3c(c2)OCCO3)CC1. The van der Waals surface area contributed by atoms with E-state index in [0.29, 0.717) is 38.5 Å². The van der Waals surface area contributed by atoms with Crippen molar-refractivity contribution in [3.63, 3.8) is 0 Å². The zero-order valence-corrected chi connectivity index (χ0v) is 15.7. The number of para-hydroxylation sites is 2. The summed E-state index contributed by atoms with van der Waals surface area (Å²) in [6.07, 6.45) is 0.290. The van der Waals surface area contributed by atoms with E-state index in [1.54, 1.807) is 24.3 Å². The summed E-state index contributed by atoms with van der Waals surface area (Å²) in [5.74, 6) is 2.12. The number of phenols is 1. The molecular formula is C21H24N2O5. The molecule has 0 radical (unpaired) electrons. The molecule has 1 N–H and O–H groups in total. The summed E-state index contributed by atoms with van der Waals surface area (Å²) in [7, 11) is 0. The predicted molar refractivity (Wildman–Crippen MR) is 104 cm³/mol. The molecular weight excluding hydrogens is 360 g/mol. The summed E-state index contributed by atoms with van der Waals surface area (Å²) >= 11 is 0. The van der Waals surface area contributed by atoms with Crippen molar-refractivity contribution in [3.05, 3.63) is 42.5 Å². The molecule has 2 aromatic carbocycles. The average molecular weight is 384 g/mol. The van der Waals surface area contributed by atoms with Gasteiger partial charge < -0.3 is 29.1 Å². The molecule has 0 saturated carbocycles. The molecule has 2 aliphatic heterocycles. The van der Waals surface area contributed by atoms with Crippen molar-refractivity contribution in [2.24, 2.45) is 0 Å². The number of carbonyl (C=O) groups excluding carboxylic acids is 1. The fraction of sp³-hybridized carbons (Fsp3) is 0.381. The Morgan fingerprint density at radius 3 is 2.54 bits per heavy atom. The first-order valence-electron chi connectivity index (χ1n) is 9.54. The number of carbonyl (C=O) groups is 1. The van der Waals surface area contributed by atoms with Crippen molar-refractivity contribution in [2.45, 2.75) is 6.42 Å². The molecule has 1 saturated heterocycles. The zero-order chi connectivity index (χ0) is 19.3. The molecule has 0 spiro atoms. The number of benzene rings is 2. The number of anilines is 1. The van der Waals surface area contributed by atoms with Gasteiger partial charge in [0.2, 0.25) is 5.91 Å². The number of aromatic hydroxyl groups is 1. The Hall–Kier alpha value is -3.09. The van der Waals surface area contributed by atoms with Gasteiger partial charge in [-0.2, -0.15) is 0 Å². The minimum Gasteiger partial charge on any atom is -0.504 e. The summed E-state index contributed by atoms with van der Waals surface area (Å²) < 4.78 is 16.7. The van der Waals surface area contributed by atoms with Gasteiger partial charge in [0.1, 0.15) is 13.2 Å². The molecule has 1 amide bonds. The van der Waals surface area contributed by atoms with E-state index in [2.05, 4.69) is 4.90 Å². The Labute approximate surface area is 164 Å². The summed E-state index contributed by atoms with van der Waals surface area (Å²) in [6, 6.07) is 12.7. The van der Waals surface area contributed by atoms with Gasteiger partial charge in [-0.25, -0.2) is 0 Å². The molecule has 0 aliphatic carbocycles. The van der Waals surface area contributed by atoms with Crippen LogP contribution in [0, 0.1) is 0 Å². The molecule has 7 heteroatoms. The van der Waals surface area contributed by atoms with E-state index < -0.39 is 0 Å². The van der Waals surface area contributed by atoms with Gasteiger partial charge in [0, 0.05) is 37.9 Å². The highest BCUT2D eigenvalue weighted by Crippen LogP contribution is 2.34. The topological polar surface area (TPSA) is 71.5 Å². The number of hydrogen-bond acceptors (Lipinski definition) is 6. The van der Waals surface area contributed by atoms with Gasteiger partial charge in [-0.3, -0.25) is 4.79 Å². The maximum absolute atomic E-state index is 12.4. The lowest BCUT2D eigenvalue weighted by molar-refractivity contribution is -0.132. The van der Waals surface area contributed by atoms with Crippen molar-refractivity contribution >= 4 is 11.6 Å². The zero-order valence-electron chi connectivity index (χ0n) is 15.7. The van der Waals surface area contributed by atoms with Crippen molar-refractivity contribution < 1.29 is 24.1 Å². The quantitative estimate of drug-likeness (QED) is 0.853. The lowest BCUT2D eigenvalue weighted by Gasteiger charge is -2.36. The maximum atomic E-state index is 12.4. The van der Waals surface area contributed by atoms with Crippen LogP contribution in [0.1, 0.15) is 6.42 Å².